The highest BCUT2D eigenvalue weighted by Gasteiger charge is 2.25. The average molecular weight is 132 g/mol. The molecule has 48 valence electrons. The van der Waals surface area contributed by atoms with Gasteiger partial charge in [0.05, 0.1) is 12.2 Å². The minimum atomic E-state index is 0.355. The molecule has 0 aromatic heterocycles. The van der Waals surface area contributed by atoms with Crippen LogP contribution in [0, 0.1) is 0 Å². The molecule has 3 atom stereocenters. The molecule has 1 aliphatic rings. The molecule has 0 aromatic carbocycles. The van der Waals surface area contributed by atoms with Crippen molar-refractivity contribution in [2.45, 2.75) is 37.7 Å². The SMILES string of the molecule is C[C@@H]1C[C@H](S)[C@@H](C)O1. The standard InChI is InChI=1S/C6H12OS/c1-4-3-6(8)5(2)7-4/h4-6,8H,3H2,1-2H3/t4-,5-,6+/m1/s1. The molecule has 0 saturated carbocycles. The van der Waals surface area contributed by atoms with Gasteiger partial charge in [-0.3, -0.25) is 0 Å². The molecule has 0 aliphatic carbocycles. The maximum Gasteiger partial charge on any atom is 0.0667 e. The molecule has 0 bridgehead atoms. The van der Waals surface area contributed by atoms with Crippen LogP contribution in [0.4, 0.5) is 0 Å². The lowest BCUT2D eigenvalue weighted by molar-refractivity contribution is 0.0684. The van der Waals surface area contributed by atoms with Crippen LogP contribution in [0.25, 0.3) is 0 Å². The number of rotatable bonds is 0. The van der Waals surface area contributed by atoms with Crippen LogP contribution >= 0.6 is 12.6 Å². The summed E-state index contributed by atoms with van der Waals surface area (Å²) < 4.78 is 5.40. The molecule has 1 heterocycles. The lowest BCUT2D eigenvalue weighted by Gasteiger charge is -2.04. The van der Waals surface area contributed by atoms with Crippen molar-refractivity contribution in [3.05, 3.63) is 0 Å². The fraction of sp³-hybridized carbons (Fsp3) is 1.00. The molecule has 2 heteroatoms. The smallest absolute Gasteiger partial charge is 0.0667 e. The van der Waals surface area contributed by atoms with E-state index in [-0.39, 0.29) is 0 Å². The molecule has 1 aliphatic heterocycles. The van der Waals surface area contributed by atoms with Crippen molar-refractivity contribution in [2.24, 2.45) is 0 Å². The monoisotopic (exact) mass is 132 g/mol. The van der Waals surface area contributed by atoms with Crippen LogP contribution in [0.15, 0.2) is 0 Å². The zero-order valence-electron chi connectivity index (χ0n) is 5.29. The average Bonchev–Trinajstić information content (AvgIpc) is 1.85. The van der Waals surface area contributed by atoms with E-state index in [2.05, 4.69) is 26.5 Å². The molecular formula is C6H12OS. The van der Waals surface area contributed by atoms with Crippen molar-refractivity contribution < 1.29 is 4.74 Å². The quantitative estimate of drug-likeness (QED) is 0.491. The van der Waals surface area contributed by atoms with E-state index in [1.807, 2.05) is 0 Å². The highest BCUT2D eigenvalue weighted by molar-refractivity contribution is 7.81. The van der Waals surface area contributed by atoms with E-state index < -0.39 is 0 Å². The maximum atomic E-state index is 5.40. The Morgan fingerprint density at radius 3 is 2.25 bits per heavy atom. The molecule has 8 heavy (non-hydrogen) atoms. The Balaban J connectivity index is 2.39. The second-order valence-electron chi connectivity index (χ2n) is 2.45. The normalized spacial score (nSPS) is 47.6. The van der Waals surface area contributed by atoms with Crippen LogP contribution < -0.4 is 0 Å². The van der Waals surface area contributed by atoms with Gasteiger partial charge in [-0.25, -0.2) is 0 Å². The highest BCUT2D eigenvalue weighted by atomic mass is 32.1. The van der Waals surface area contributed by atoms with Crippen molar-refractivity contribution in [3.8, 4) is 0 Å². The summed E-state index contributed by atoms with van der Waals surface area (Å²) in [5, 5.41) is 0.463. The van der Waals surface area contributed by atoms with Crippen LogP contribution in [0.2, 0.25) is 0 Å². The van der Waals surface area contributed by atoms with Crippen LogP contribution in [0.5, 0.6) is 0 Å². The van der Waals surface area contributed by atoms with Crippen LogP contribution in [0.1, 0.15) is 20.3 Å². The van der Waals surface area contributed by atoms with Gasteiger partial charge >= 0.3 is 0 Å². The highest BCUT2D eigenvalue weighted by Crippen LogP contribution is 2.23. The summed E-state index contributed by atoms with van der Waals surface area (Å²) in [6, 6.07) is 0. The zero-order valence-corrected chi connectivity index (χ0v) is 6.19. The first-order valence-electron chi connectivity index (χ1n) is 3.03. The molecule has 0 aromatic rings. The van der Waals surface area contributed by atoms with Gasteiger partial charge in [0.15, 0.2) is 0 Å². The Kier molecular flexibility index (Phi) is 1.83. The van der Waals surface area contributed by atoms with Gasteiger partial charge in [-0.15, -0.1) is 0 Å². The van der Waals surface area contributed by atoms with E-state index in [1.54, 1.807) is 0 Å². The second kappa shape index (κ2) is 2.28. The predicted molar refractivity (Wildman–Crippen MR) is 37.4 cm³/mol. The molecule has 1 nitrogen and oxygen atoms in total. The van der Waals surface area contributed by atoms with Crippen molar-refractivity contribution in [3.63, 3.8) is 0 Å². The predicted octanol–water partition coefficient (Wildman–Crippen LogP) is 1.48. The molecule has 1 rings (SSSR count). The minimum Gasteiger partial charge on any atom is -0.374 e. The van der Waals surface area contributed by atoms with Gasteiger partial charge in [-0.2, -0.15) is 12.6 Å². The molecule has 1 fully saturated rings. The largest absolute Gasteiger partial charge is 0.374 e. The summed E-state index contributed by atoms with van der Waals surface area (Å²) in [5.74, 6) is 0. The van der Waals surface area contributed by atoms with Gasteiger partial charge < -0.3 is 4.74 Å². The van der Waals surface area contributed by atoms with E-state index >= 15 is 0 Å². The van der Waals surface area contributed by atoms with Crippen molar-refractivity contribution in [2.75, 3.05) is 0 Å². The van der Waals surface area contributed by atoms with Gasteiger partial charge in [0.1, 0.15) is 0 Å². The number of thiol groups is 1. The van der Waals surface area contributed by atoms with Crippen LogP contribution in [0.3, 0.4) is 0 Å². The molecule has 0 N–H and O–H groups in total. The maximum absolute atomic E-state index is 5.40. The van der Waals surface area contributed by atoms with Gasteiger partial charge in [0, 0.05) is 5.25 Å². The van der Waals surface area contributed by atoms with Crippen molar-refractivity contribution >= 4 is 12.6 Å². The lowest BCUT2D eigenvalue weighted by atomic mass is 10.2. The third-order valence-corrected chi connectivity index (χ3v) is 2.19. The Labute approximate surface area is 55.8 Å². The van der Waals surface area contributed by atoms with Gasteiger partial charge in [0.25, 0.3) is 0 Å². The summed E-state index contributed by atoms with van der Waals surface area (Å²) in [6.07, 6.45) is 1.88. The van der Waals surface area contributed by atoms with E-state index in [4.69, 9.17) is 4.74 Å². The second-order valence-corrected chi connectivity index (χ2v) is 3.12. The van der Waals surface area contributed by atoms with Crippen LogP contribution in [-0.4, -0.2) is 17.5 Å². The Bertz CT molecular complexity index is 74.6. The first-order valence-corrected chi connectivity index (χ1v) is 3.55. The Morgan fingerprint density at radius 2 is 2.12 bits per heavy atom. The van der Waals surface area contributed by atoms with E-state index in [9.17, 15) is 0 Å². The lowest BCUT2D eigenvalue weighted by Crippen LogP contribution is -2.09. The summed E-state index contributed by atoms with van der Waals surface area (Å²) >= 11 is 4.32. The van der Waals surface area contributed by atoms with Crippen molar-refractivity contribution in [1.29, 1.82) is 0 Å². The first kappa shape index (κ1) is 6.43. The molecule has 0 unspecified atom stereocenters. The van der Waals surface area contributed by atoms with Crippen LogP contribution in [-0.2, 0) is 4.74 Å². The summed E-state index contributed by atoms with van der Waals surface area (Å²) in [7, 11) is 0. The zero-order chi connectivity index (χ0) is 6.15. The topological polar surface area (TPSA) is 9.23 Å². The first-order chi connectivity index (χ1) is 3.70. The van der Waals surface area contributed by atoms with E-state index in [0.717, 1.165) is 6.42 Å². The number of ether oxygens (including phenoxy) is 1. The molecular weight excluding hydrogens is 120 g/mol. The minimum absolute atomic E-state index is 0.355. The van der Waals surface area contributed by atoms with E-state index in [0.29, 0.717) is 17.5 Å². The number of hydrogen-bond acceptors (Lipinski definition) is 2. The molecule has 1 saturated heterocycles. The molecule has 0 radical (unpaired) electrons. The van der Waals surface area contributed by atoms with Gasteiger partial charge in [-0.1, -0.05) is 0 Å². The van der Waals surface area contributed by atoms with Gasteiger partial charge in [-0.05, 0) is 20.3 Å². The molecule has 0 spiro atoms. The van der Waals surface area contributed by atoms with E-state index in [1.165, 1.54) is 0 Å². The summed E-state index contributed by atoms with van der Waals surface area (Å²) in [6.45, 7) is 4.16. The van der Waals surface area contributed by atoms with Crippen molar-refractivity contribution in [1.82, 2.24) is 0 Å². The fourth-order valence-corrected chi connectivity index (χ4v) is 1.41. The third kappa shape index (κ3) is 1.17. The Morgan fingerprint density at radius 1 is 1.50 bits per heavy atom. The van der Waals surface area contributed by atoms with Gasteiger partial charge in [0.2, 0.25) is 0 Å². The Hall–Kier alpha value is 0.310. The summed E-state index contributed by atoms with van der Waals surface area (Å²) in [5.41, 5.74) is 0. The summed E-state index contributed by atoms with van der Waals surface area (Å²) in [4.78, 5) is 0. The fourth-order valence-electron chi connectivity index (χ4n) is 1.04. The number of hydrogen-bond donors (Lipinski definition) is 1. The third-order valence-electron chi connectivity index (χ3n) is 1.56. The molecule has 0 amide bonds.